The van der Waals surface area contributed by atoms with E-state index in [1.807, 2.05) is 0 Å². The Balaban J connectivity index is 3.32. The number of aliphatic hydroxyl groups excluding tert-OH is 1. The third-order valence-electron chi connectivity index (χ3n) is 0.852. The molecular formula is C5H12N2O. The average molecular weight is 116 g/mol. The van der Waals surface area contributed by atoms with Crippen LogP contribution in [0.15, 0.2) is 12.3 Å². The molecule has 0 radical (unpaired) electrons. The first-order valence-corrected chi connectivity index (χ1v) is 2.46. The summed E-state index contributed by atoms with van der Waals surface area (Å²) in [5.41, 5.74) is 5.31. The van der Waals surface area contributed by atoms with Crippen molar-refractivity contribution in [3.8, 4) is 0 Å². The van der Waals surface area contributed by atoms with Gasteiger partial charge in [0.2, 0.25) is 0 Å². The van der Waals surface area contributed by atoms with E-state index < -0.39 is 0 Å². The summed E-state index contributed by atoms with van der Waals surface area (Å²) in [5.74, 6) is 0.0272. The largest absolute Gasteiger partial charge is 0.511 e. The van der Waals surface area contributed by atoms with Crippen LogP contribution in [0.5, 0.6) is 0 Å². The van der Waals surface area contributed by atoms with Gasteiger partial charge in [-0.3, -0.25) is 0 Å². The molecule has 0 rings (SSSR count). The van der Waals surface area contributed by atoms with Crippen LogP contribution in [0.4, 0.5) is 0 Å². The summed E-state index contributed by atoms with van der Waals surface area (Å²) in [6.45, 7) is 3.83. The summed E-state index contributed by atoms with van der Waals surface area (Å²) in [6, 6.07) is -0.333. The fourth-order valence-corrected chi connectivity index (χ4v) is 0.338. The summed E-state index contributed by atoms with van der Waals surface area (Å²) < 4.78 is 0. The molecule has 1 unspecified atom stereocenters. The summed E-state index contributed by atoms with van der Waals surface area (Å²) in [5, 5.41) is 11.4. The van der Waals surface area contributed by atoms with Crippen molar-refractivity contribution >= 4 is 0 Å². The molecule has 3 nitrogen and oxygen atoms in total. The third-order valence-corrected chi connectivity index (χ3v) is 0.852. The van der Waals surface area contributed by atoms with Crippen LogP contribution in [0.25, 0.3) is 0 Å². The maximum Gasteiger partial charge on any atom is 0.103 e. The maximum absolute atomic E-state index is 8.59. The van der Waals surface area contributed by atoms with Crippen LogP contribution >= 0.6 is 0 Å². The fraction of sp³-hybridized carbons (Fsp3) is 0.600. The molecular weight excluding hydrogens is 104 g/mol. The quantitative estimate of drug-likeness (QED) is 0.440. The lowest BCUT2D eigenvalue weighted by atomic mass is 10.3. The van der Waals surface area contributed by atoms with Crippen molar-refractivity contribution in [2.45, 2.75) is 6.04 Å². The van der Waals surface area contributed by atoms with Gasteiger partial charge in [-0.2, -0.15) is 0 Å². The Kier molecular flexibility index (Phi) is 3.23. The molecule has 0 amide bonds. The van der Waals surface area contributed by atoms with Crippen molar-refractivity contribution in [1.29, 1.82) is 0 Å². The van der Waals surface area contributed by atoms with Gasteiger partial charge in [0, 0.05) is 6.54 Å². The summed E-state index contributed by atoms with van der Waals surface area (Å²) >= 11 is 0. The first kappa shape index (κ1) is 7.46. The number of hydrogen-bond acceptors (Lipinski definition) is 3. The van der Waals surface area contributed by atoms with Crippen LogP contribution in [0.1, 0.15) is 0 Å². The van der Waals surface area contributed by atoms with E-state index in [2.05, 4.69) is 11.9 Å². The highest BCUT2D eigenvalue weighted by molar-refractivity contribution is 4.92. The number of likely N-dealkylation sites (N-methyl/N-ethyl adjacent to an activating group) is 1. The van der Waals surface area contributed by atoms with Gasteiger partial charge in [0.15, 0.2) is 0 Å². The number of hydrogen-bond donors (Lipinski definition) is 3. The van der Waals surface area contributed by atoms with Gasteiger partial charge in [-0.25, -0.2) is 0 Å². The van der Waals surface area contributed by atoms with Gasteiger partial charge < -0.3 is 16.2 Å². The average Bonchev–Trinajstić information content (AvgIpc) is 1.67. The van der Waals surface area contributed by atoms with E-state index in [0.29, 0.717) is 6.54 Å². The third kappa shape index (κ3) is 2.60. The van der Waals surface area contributed by atoms with Crippen molar-refractivity contribution in [2.75, 3.05) is 13.6 Å². The number of nitrogens with two attached hydrogens (primary N) is 1. The zero-order chi connectivity index (χ0) is 6.57. The molecule has 0 bridgehead atoms. The highest BCUT2D eigenvalue weighted by Crippen LogP contribution is 1.85. The standard InChI is InChI=1S/C5H12N2O/c1-4(8)5(6)3-7-2/h5,7-8H,1,3,6H2,2H3. The van der Waals surface area contributed by atoms with Gasteiger partial charge in [-0.05, 0) is 7.05 Å². The maximum atomic E-state index is 8.59. The van der Waals surface area contributed by atoms with E-state index in [0.717, 1.165) is 0 Å². The van der Waals surface area contributed by atoms with Crippen LogP contribution in [0.2, 0.25) is 0 Å². The second kappa shape index (κ2) is 3.46. The number of nitrogens with one attached hydrogen (secondary N) is 1. The van der Waals surface area contributed by atoms with Crippen molar-refractivity contribution < 1.29 is 5.11 Å². The minimum absolute atomic E-state index is 0.0272. The first-order chi connectivity index (χ1) is 3.68. The molecule has 0 saturated heterocycles. The Morgan fingerprint density at radius 3 is 2.62 bits per heavy atom. The molecule has 0 aromatic carbocycles. The monoisotopic (exact) mass is 116 g/mol. The predicted octanol–water partition coefficient (Wildman–Crippen LogP) is -0.395. The lowest BCUT2D eigenvalue weighted by molar-refractivity contribution is 0.366. The normalized spacial score (nSPS) is 13.2. The molecule has 0 aliphatic carbocycles. The van der Waals surface area contributed by atoms with E-state index in [-0.39, 0.29) is 11.8 Å². The van der Waals surface area contributed by atoms with Crippen LogP contribution in [0.3, 0.4) is 0 Å². The highest BCUT2D eigenvalue weighted by atomic mass is 16.3. The summed E-state index contributed by atoms with van der Waals surface area (Å²) in [6.07, 6.45) is 0. The first-order valence-electron chi connectivity index (χ1n) is 2.46. The Bertz CT molecular complexity index is 82.5. The molecule has 0 aromatic rings. The topological polar surface area (TPSA) is 58.3 Å². The van der Waals surface area contributed by atoms with Crippen molar-refractivity contribution in [3.63, 3.8) is 0 Å². The number of rotatable bonds is 3. The van der Waals surface area contributed by atoms with Gasteiger partial charge in [-0.1, -0.05) is 6.58 Å². The number of aliphatic hydroxyl groups is 1. The van der Waals surface area contributed by atoms with Crippen molar-refractivity contribution in [3.05, 3.63) is 12.3 Å². The molecule has 0 spiro atoms. The lowest BCUT2D eigenvalue weighted by Gasteiger charge is -2.06. The molecule has 4 N–H and O–H groups in total. The molecule has 48 valence electrons. The van der Waals surface area contributed by atoms with E-state index in [9.17, 15) is 0 Å². The van der Waals surface area contributed by atoms with E-state index >= 15 is 0 Å². The molecule has 0 aromatic heterocycles. The summed E-state index contributed by atoms with van der Waals surface area (Å²) in [4.78, 5) is 0. The molecule has 0 aliphatic heterocycles. The molecule has 3 heteroatoms. The second-order valence-electron chi connectivity index (χ2n) is 1.66. The smallest absolute Gasteiger partial charge is 0.103 e. The van der Waals surface area contributed by atoms with E-state index in [1.165, 1.54) is 0 Å². The molecule has 8 heavy (non-hydrogen) atoms. The van der Waals surface area contributed by atoms with E-state index in [4.69, 9.17) is 10.8 Å². The molecule has 0 fully saturated rings. The highest BCUT2D eigenvalue weighted by Gasteiger charge is 2.00. The van der Waals surface area contributed by atoms with Crippen LogP contribution in [-0.4, -0.2) is 24.7 Å². The zero-order valence-corrected chi connectivity index (χ0v) is 5.02. The van der Waals surface area contributed by atoms with Gasteiger partial charge in [0.05, 0.1) is 6.04 Å². The summed E-state index contributed by atoms with van der Waals surface area (Å²) in [7, 11) is 1.77. The van der Waals surface area contributed by atoms with Crippen molar-refractivity contribution in [2.24, 2.45) is 5.73 Å². The molecule has 0 heterocycles. The van der Waals surface area contributed by atoms with Gasteiger partial charge in [0.1, 0.15) is 5.76 Å². The van der Waals surface area contributed by atoms with Crippen molar-refractivity contribution in [1.82, 2.24) is 5.32 Å². The minimum atomic E-state index is -0.333. The SMILES string of the molecule is C=C(O)C(N)CNC. The van der Waals surface area contributed by atoms with E-state index in [1.54, 1.807) is 7.05 Å². The Hall–Kier alpha value is -0.540. The minimum Gasteiger partial charge on any atom is -0.511 e. The van der Waals surface area contributed by atoms with Crippen LogP contribution < -0.4 is 11.1 Å². The van der Waals surface area contributed by atoms with Gasteiger partial charge in [-0.15, -0.1) is 0 Å². The lowest BCUT2D eigenvalue weighted by Crippen LogP contribution is -2.33. The van der Waals surface area contributed by atoms with Crippen LogP contribution in [0, 0.1) is 0 Å². The fourth-order valence-electron chi connectivity index (χ4n) is 0.338. The molecule has 0 aliphatic rings. The van der Waals surface area contributed by atoms with Gasteiger partial charge in [0.25, 0.3) is 0 Å². The van der Waals surface area contributed by atoms with Crippen LogP contribution in [-0.2, 0) is 0 Å². The predicted molar refractivity (Wildman–Crippen MR) is 33.7 cm³/mol. The Morgan fingerprint density at radius 2 is 2.50 bits per heavy atom. The van der Waals surface area contributed by atoms with Gasteiger partial charge >= 0.3 is 0 Å². The Morgan fingerprint density at radius 1 is 2.00 bits per heavy atom. The molecule has 0 saturated carbocycles. The Labute approximate surface area is 49.2 Å². The zero-order valence-electron chi connectivity index (χ0n) is 5.02. The molecule has 1 atom stereocenters. The second-order valence-corrected chi connectivity index (χ2v) is 1.66.